The third-order valence-corrected chi connectivity index (χ3v) is 5.03. The van der Waals surface area contributed by atoms with Crippen molar-refractivity contribution in [3.8, 4) is 0 Å². The zero-order valence-electron chi connectivity index (χ0n) is 19.0. The van der Waals surface area contributed by atoms with Crippen molar-refractivity contribution in [3.63, 3.8) is 0 Å². The maximum Gasteiger partial charge on any atom is 0.308 e. The molecule has 0 bridgehead atoms. The van der Waals surface area contributed by atoms with Gasteiger partial charge in [0.05, 0.1) is 18.6 Å². The number of esters is 1. The Morgan fingerprint density at radius 2 is 1.45 bits per heavy atom. The monoisotopic (exact) mass is 444 g/mol. The maximum absolute atomic E-state index is 13.1. The summed E-state index contributed by atoms with van der Waals surface area (Å²) in [6.45, 7) is 5.42. The highest BCUT2D eigenvalue weighted by Crippen LogP contribution is 2.21. The minimum atomic E-state index is -0.548. The van der Waals surface area contributed by atoms with Gasteiger partial charge in [0.1, 0.15) is 0 Å². The fourth-order valence-electron chi connectivity index (χ4n) is 3.34. The van der Waals surface area contributed by atoms with Gasteiger partial charge >= 0.3 is 5.97 Å². The third kappa shape index (κ3) is 6.77. The van der Waals surface area contributed by atoms with Gasteiger partial charge in [-0.2, -0.15) is 0 Å². The van der Waals surface area contributed by atoms with E-state index in [2.05, 4.69) is 10.6 Å². The molecule has 3 rings (SSSR count). The molecule has 2 amide bonds. The van der Waals surface area contributed by atoms with Crippen molar-refractivity contribution in [3.05, 3.63) is 101 Å². The highest BCUT2D eigenvalue weighted by Gasteiger charge is 2.21. The Kier molecular flexibility index (Phi) is 7.97. The molecule has 0 fully saturated rings. The number of aryl methyl sites for hydroxylation is 1. The Labute approximate surface area is 194 Å². The fourth-order valence-corrected chi connectivity index (χ4v) is 3.34. The lowest BCUT2D eigenvalue weighted by atomic mass is 10.0. The summed E-state index contributed by atoms with van der Waals surface area (Å²) < 4.78 is 5.27. The first-order valence-corrected chi connectivity index (χ1v) is 10.9. The molecule has 0 aliphatic rings. The number of benzene rings is 3. The highest BCUT2D eigenvalue weighted by molar-refractivity contribution is 6.05. The van der Waals surface area contributed by atoms with Crippen LogP contribution in [-0.4, -0.2) is 23.9 Å². The molecule has 0 saturated carbocycles. The van der Waals surface area contributed by atoms with E-state index < -0.39 is 6.04 Å². The number of carbonyl (C=O) groups is 3. The first-order valence-electron chi connectivity index (χ1n) is 10.9. The van der Waals surface area contributed by atoms with Gasteiger partial charge in [0.15, 0.2) is 0 Å². The number of amides is 2. The van der Waals surface area contributed by atoms with Crippen LogP contribution in [0.5, 0.6) is 0 Å². The second kappa shape index (κ2) is 11.1. The van der Waals surface area contributed by atoms with Crippen LogP contribution in [0.2, 0.25) is 0 Å². The van der Waals surface area contributed by atoms with Gasteiger partial charge < -0.3 is 15.4 Å². The SMILES string of the molecule is Cc1ccc(C(=O)NC(CC(=O)OC(C)C)c2ccccc2)cc1NC(=O)c1ccccc1. The molecule has 2 N–H and O–H groups in total. The second-order valence-electron chi connectivity index (χ2n) is 8.03. The van der Waals surface area contributed by atoms with Crippen LogP contribution in [0.15, 0.2) is 78.9 Å². The average molecular weight is 445 g/mol. The van der Waals surface area contributed by atoms with E-state index in [1.54, 1.807) is 56.3 Å². The van der Waals surface area contributed by atoms with Crippen molar-refractivity contribution >= 4 is 23.5 Å². The van der Waals surface area contributed by atoms with Crippen LogP contribution in [0.25, 0.3) is 0 Å². The molecule has 6 nitrogen and oxygen atoms in total. The molecule has 0 aliphatic carbocycles. The number of hydrogen-bond donors (Lipinski definition) is 2. The van der Waals surface area contributed by atoms with Crippen molar-refractivity contribution < 1.29 is 19.1 Å². The van der Waals surface area contributed by atoms with Gasteiger partial charge in [0, 0.05) is 16.8 Å². The van der Waals surface area contributed by atoms with E-state index in [0.717, 1.165) is 11.1 Å². The summed E-state index contributed by atoms with van der Waals surface area (Å²) in [6, 6.07) is 22.7. The van der Waals surface area contributed by atoms with Crippen LogP contribution in [0, 0.1) is 6.92 Å². The molecule has 33 heavy (non-hydrogen) atoms. The molecule has 170 valence electrons. The summed E-state index contributed by atoms with van der Waals surface area (Å²) in [7, 11) is 0. The van der Waals surface area contributed by atoms with Crippen molar-refractivity contribution in [1.82, 2.24) is 5.32 Å². The van der Waals surface area contributed by atoms with Gasteiger partial charge in [-0.3, -0.25) is 14.4 Å². The number of carbonyl (C=O) groups excluding carboxylic acids is 3. The van der Waals surface area contributed by atoms with Crippen LogP contribution >= 0.6 is 0 Å². The summed E-state index contributed by atoms with van der Waals surface area (Å²) in [4.78, 5) is 37.9. The van der Waals surface area contributed by atoms with Gasteiger partial charge in [-0.15, -0.1) is 0 Å². The van der Waals surface area contributed by atoms with Crippen molar-refractivity contribution in [1.29, 1.82) is 0 Å². The predicted octanol–water partition coefficient (Wildman–Crippen LogP) is 5.06. The zero-order valence-corrected chi connectivity index (χ0v) is 19.0. The van der Waals surface area contributed by atoms with Crippen LogP contribution in [0.1, 0.15) is 58.2 Å². The van der Waals surface area contributed by atoms with E-state index >= 15 is 0 Å². The molecule has 1 atom stereocenters. The Balaban J connectivity index is 1.78. The smallest absolute Gasteiger partial charge is 0.308 e. The summed E-state index contributed by atoms with van der Waals surface area (Å²) in [6.07, 6.45) is -0.227. The van der Waals surface area contributed by atoms with Gasteiger partial charge in [-0.05, 0) is 56.2 Å². The molecule has 0 spiro atoms. The summed E-state index contributed by atoms with van der Waals surface area (Å²) in [5.74, 6) is -0.995. The first kappa shape index (κ1) is 23.7. The molecule has 3 aromatic rings. The highest BCUT2D eigenvalue weighted by atomic mass is 16.5. The lowest BCUT2D eigenvalue weighted by molar-refractivity contribution is -0.147. The summed E-state index contributed by atoms with van der Waals surface area (Å²) in [5.41, 5.74) is 3.08. The molecular formula is C27H28N2O4. The molecule has 0 radical (unpaired) electrons. The summed E-state index contributed by atoms with van der Waals surface area (Å²) >= 11 is 0. The van der Waals surface area contributed by atoms with E-state index in [0.29, 0.717) is 16.8 Å². The van der Waals surface area contributed by atoms with E-state index in [1.807, 2.05) is 43.3 Å². The number of rotatable bonds is 8. The minimum Gasteiger partial charge on any atom is -0.463 e. The normalized spacial score (nSPS) is 11.5. The van der Waals surface area contributed by atoms with Crippen molar-refractivity contribution in [2.75, 3.05) is 5.32 Å². The number of nitrogens with one attached hydrogen (secondary N) is 2. The molecular weight excluding hydrogens is 416 g/mol. The Bertz CT molecular complexity index is 1110. The Morgan fingerprint density at radius 3 is 2.09 bits per heavy atom. The molecule has 0 aliphatic heterocycles. The minimum absolute atomic E-state index is 0.0113. The first-order chi connectivity index (χ1) is 15.8. The van der Waals surface area contributed by atoms with Gasteiger partial charge in [0.2, 0.25) is 0 Å². The summed E-state index contributed by atoms with van der Waals surface area (Å²) in [5, 5.41) is 5.80. The lowest BCUT2D eigenvalue weighted by Gasteiger charge is -2.20. The van der Waals surface area contributed by atoms with Crippen LogP contribution in [0.3, 0.4) is 0 Å². The quantitative estimate of drug-likeness (QED) is 0.476. The molecule has 0 heterocycles. The average Bonchev–Trinajstić information content (AvgIpc) is 2.80. The molecule has 3 aromatic carbocycles. The predicted molar refractivity (Wildman–Crippen MR) is 128 cm³/mol. The van der Waals surface area contributed by atoms with Crippen LogP contribution in [-0.2, 0) is 9.53 Å². The van der Waals surface area contributed by atoms with Crippen LogP contribution < -0.4 is 10.6 Å². The van der Waals surface area contributed by atoms with Gasteiger partial charge in [-0.1, -0.05) is 54.6 Å². The second-order valence-corrected chi connectivity index (χ2v) is 8.03. The van der Waals surface area contributed by atoms with E-state index in [9.17, 15) is 14.4 Å². The largest absolute Gasteiger partial charge is 0.463 e. The van der Waals surface area contributed by atoms with Crippen molar-refractivity contribution in [2.45, 2.75) is 39.3 Å². The Morgan fingerprint density at radius 1 is 0.818 bits per heavy atom. The van der Waals surface area contributed by atoms with E-state index in [4.69, 9.17) is 4.74 Å². The van der Waals surface area contributed by atoms with Gasteiger partial charge in [-0.25, -0.2) is 0 Å². The number of hydrogen-bond acceptors (Lipinski definition) is 4. The van der Waals surface area contributed by atoms with Gasteiger partial charge in [0.25, 0.3) is 11.8 Å². The molecule has 1 unspecified atom stereocenters. The third-order valence-electron chi connectivity index (χ3n) is 5.03. The van der Waals surface area contributed by atoms with Crippen LogP contribution in [0.4, 0.5) is 5.69 Å². The zero-order chi connectivity index (χ0) is 23.8. The maximum atomic E-state index is 13.1. The molecule has 0 saturated heterocycles. The Hall–Kier alpha value is -3.93. The lowest BCUT2D eigenvalue weighted by Crippen LogP contribution is -2.31. The number of ether oxygens (including phenoxy) is 1. The van der Waals surface area contributed by atoms with E-state index in [1.165, 1.54) is 0 Å². The standard InChI is InChI=1S/C27H28N2O4/c1-18(2)33-25(30)17-24(20-10-6-4-7-11-20)29-27(32)22-15-14-19(3)23(16-22)28-26(31)21-12-8-5-9-13-21/h4-16,18,24H,17H2,1-3H3,(H,28,31)(H,29,32). The molecule has 0 aromatic heterocycles. The van der Waals surface area contributed by atoms with E-state index in [-0.39, 0.29) is 30.3 Å². The fraction of sp³-hybridized carbons (Fsp3) is 0.222. The molecule has 6 heteroatoms. The topological polar surface area (TPSA) is 84.5 Å². The van der Waals surface area contributed by atoms with Crippen molar-refractivity contribution in [2.24, 2.45) is 0 Å². The number of anilines is 1.